The lowest BCUT2D eigenvalue weighted by molar-refractivity contribution is 0.0551. The Bertz CT molecular complexity index is 538. The first-order valence-electron chi connectivity index (χ1n) is 6.33. The molecule has 0 saturated heterocycles. The zero-order chi connectivity index (χ0) is 15.4. The van der Waals surface area contributed by atoms with Crippen LogP contribution < -0.4 is 0 Å². The number of hydrogen-bond acceptors (Lipinski definition) is 3. The molecule has 0 fully saturated rings. The van der Waals surface area contributed by atoms with Gasteiger partial charge in [0.1, 0.15) is 0 Å². The molecule has 20 heavy (non-hydrogen) atoms. The van der Waals surface area contributed by atoms with E-state index in [2.05, 4.69) is 15.9 Å². The van der Waals surface area contributed by atoms with Gasteiger partial charge in [-0.25, -0.2) is 8.42 Å². The highest BCUT2D eigenvalue weighted by atomic mass is 79.9. The number of ether oxygens (including phenoxy) is 1. The van der Waals surface area contributed by atoms with E-state index in [1.54, 1.807) is 0 Å². The molecule has 3 nitrogen and oxygen atoms in total. The topological polar surface area (TPSA) is 43.4 Å². The molecular formula is C14H20BrClO3S. The normalized spacial score (nSPS) is 14.2. The van der Waals surface area contributed by atoms with Crippen molar-refractivity contribution in [3.05, 3.63) is 34.3 Å². The van der Waals surface area contributed by atoms with Crippen molar-refractivity contribution in [2.45, 2.75) is 27.4 Å². The van der Waals surface area contributed by atoms with Crippen molar-refractivity contribution >= 4 is 35.7 Å². The fourth-order valence-corrected chi connectivity index (χ4v) is 3.65. The summed E-state index contributed by atoms with van der Waals surface area (Å²) in [6.07, 6.45) is 0. The van der Waals surface area contributed by atoms with Gasteiger partial charge in [-0.3, -0.25) is 0 Å². The minimum Gasteiger partial charge on any atom is -0.376 e. The van der Waals surface area contributed by atoms with Crippen LogP contribution in [0.25, 0.3) is 0 Å². The third-order valence-electron chi connectivity index (χ3n) is 3.16. The van der Waals surface area contributed by atoms with Crippen LogP contribution in [0.1, 0.15) is 26.3 Å². The van der Waals surface area contributed by atoms with E-state index in [0.29, 0.717) is 13.2 Å². The Labute approximate surface area is 134 Å². The molecule has 1 atom stereocenters. The minimum absolute atomic E-state index is 0.0754. The lowest BCUT2D eigenvalue weighted by Gasteiger charge is -2.29. The summed E-state index contributed by atoms with van der Waals surface area (Å²) in [7, 11) is 1.84. The molecule has 1 aromatic rings. The molecule has 0 amide bonds. The average Bonchev–Trinajstić information content (AvgIpc) is 2.27. The van der Waals surface area contributed by atoms with Crippen molar-refractivity contribution in [3.63, 3.8) is 0 Å². The van der Waals surface area contributed by atoms with Gasteiger partial charge in [-0.15, -0.1) is 0 Å². The third kappa shape index (κ3) is 6.57. The maximum Gasteiger partial charge on any atom is 0.232 e. The van der Waals surface area contributed by atoms with Gasteiger partial charge in [-0.2, -0.15) is 0 Å². The molecule has 0 spiro atoms. The van der Waals surface area contributed by atoms with Crippen molar-refractivity contribution in [2.75, 3.05) is 12.4 Å². The second kappa shape index (κ2) is 7.25. The number of hydrogen-bond donors (Lipinski definition) is 0. The van der Waals surface area contributed by atoms with E-state index >= 15 is 0 Å². The lowest BCUT2D eigenvalue weighted by Crippen LogP contribution is -2.30. The molecule has 0 aromatic heterocycles. The SMILES string of the molecule is CC(C)(C)C(COCc1ccccc1Br)CS(=O)(=O)Cl. The van der Waals surface area contributed by atoms with Crippen LogP contribution in [0.5, 0.6) is 0 Å². The van der Waals surface area contributed by atoms with E-state index in [0.717, 1.165) is 10.0 Å². The van der Waals surface area contributed by atoms with Crippen molar-refractivity contribution < 1.29 is 13.2 Å². The second-order valence-electron chi connectivity index (χ2n) is 5.87. The van der Waals surface area contributed by atoms with Crippen molar-refractivity contribution in [2.24, 2.45) is 11.3 Å². The van der Waals surface area contributed by atoms with Crippen LogP contribution in [0, 0.1) is 11.3 Å². The van der Waals surface area contributed by atoms with Gasteiger partial charge in [-0.05, 0) is 17.0 Å². The summed E-state index contributed by atoms with van der Waals surface area (Å²) in [6, 6.07) is 7.79. The zero-order valence-corrected chi connectivity index (χ0v) is 15.1. The van der Waals surface area contributed by atoms with E-state index < -0.39 is 9.05 Å². The van der Waals surface area contributed by atoms with Crippen LogP contribution in [-0.2, 0) is 20.4 Å². The predicted molar refractivity (Wildman–Crippen MR) is 86.4 cm³/mol. The summed E-state index contributed by atoms with van der Waals surface area (Å²) in [6.45, 7) is 6.76. The van der Waals surface area contributed by atoms with Crippen LogP contribution in [0.3, 0.4) is 0 Å². The smallest absolute Gasteiger partial charge is 0.232 e. The summed E-state index contributed by atoms with van der Waals surface area (Å²) in [5, 5.41) is 0. The highest BCUT2D eigenvalue weighted by Gasteiger charge is 2.29. The maximum atomic E-state index is 11.3. The molecule has 1 unspecified atom stereocenters. The Hall–Kier alpha value is -0.100. The summed E-state index contributed by atoms with van der Waals surface area (Å²) in [5.41, 5.74) is 0.851. The Morgan fingerprint density at radius 2 is 1.90 bits per heavy atom. The van der Waals surface area contributed by atoms with E-state index in [1.807, 2.05) is 45.0 Å². The maximum absolute atomic E-state index is 11.3. The molecule has 114 valence electrons. The fourth-order valence-electron chi connectivity index (χ4n) is 1.72. The standard InChI is InChI=1S/C14H20BrClO3S/c1-14(2,3)12(10-20(16,17)18)9-19-8-11-6-4-5-7-13(11)15/h4-7,12H,8-10H2,1-3H3. The second-order valence-corrected chi connectivity index (χ2v) is 9.55. The first kappa shape index (κ1) is 18.0. The number of halogens is 2. The first-order chi connectivity index (χ1) is 9.09. The minimum atomic E-state index is -3.53. The highest BCUT2D eigenvalue weighted by molar-refractivity contribution is 9.10. The molecule has 0 aliphatic carbocycles. The van der Waals surface area contributed by atoms with E-state index in [9.17, 15) is 8.42 Å². The van der Waals surface area contributed by atoms with E-state index in [1.165, 1.54) is 0 Å². The van der Waals surface area contributed by atoms with Gasteiger partial charge in [0.15, 0.2) is 0 Å². The highest BCUT2D eigenvalue weighted by Crippen LogP contribution is 2.29. The molecule has 0 aliphatic heterocycles. The van der Waals surface area contributed by atoms with Gasteiger partial charge < -0.3 is 4.74 Å². The van der Waals surface area contributed by atoms with Crippen LogP contribution in [0.2, 0.25) is 0 Å². The Kier molecular flexibility index (Phi) is 6.51. The fraction of sp³-hybridized carbons (Fsp3) is 0.571. The van der Waals surface area contributed by atoms with Gasteiger partial charge >= 0.3 is 0 Å². The van der Waals surface area contributed by atoms with Gasteiger partial charge in [0.25, 0.3) is 0 Å². The summed E-state index contributed by atoms with van der Waals surface area (Å²) < 4.78 is 29.2. The van der Waals surface area contributed by atoms with Crippen molar-refractivity contribution in [1.82, 2.24) is 0 Å². The average molecular weight is 384 g/mol. The Morgan fingerprint density at radius 1 is 1.30 bits per heavy atom. The third-order valence-corrected chi connectivity index (χ3v) is 5.11. The largest absolute Gasteiger partial charge is 0.376 e. The van der Waals surface area contributed by atoms with Gasteiger partial charge in [-0.1, -0.05) is 54.9 Å². The summed E-state index contributed by atoms with van der Waals surface area (Å²) in [5.74, 6) is -0.221. The number of benzene rings is 1. The van der Waals surface area contributed by atoms with Crippen LogP contribution >= 0.6 is 26.6 Å². The van der Waals surface area contributed by atoms with E-state index in [-0.39, 0.29) is 17.1 Å². The molecule has 0 aliphatic rings. The Morgan fingerprint density at radius 3 is 2.40 bits per heavy atom. The molecule has 0 bridgehead atoms. The van der Waals surface area contributed by atoms with Crippen LogP contribution in [0.4, 0.5) is 0 Å². The monoisotopic (exact) mass is 382 g/mol. The van der Waals surface area contributed by atoms with Crippen LogP contribution in [-0.4, -0.2) is 20.8 Å². The van der Waals surface area contributed by atoms with Gasteiger partial charge in [0.2, 0.25) is 9.05 Å². The zero-order valence-electron chi connectivity index (χ0n) is 11.9. The molecule has 1 aromatic carbocycles. The number of rotatable bonds is 6. The molecule has 1 rings (SSSR count). The van der Waals surface area contributed by atoms with E-state index in [4.69, 9.17) is 15.4 Å². The Balaban J connectivity index is 2.62. The van der Waals surface area contributed by atoms with Gasteiger partial charge in [0, 0.05) is 21.1 Å². The van der Waals surface area contributed by atoms with Gasteiger partial charge in [0.05, 0.1) is 19.0 Å². The van der Waals surface area contributed by atoms with Crippen molar-refractivity contribution in [3.8, 4) is 0 Å². The van der Waals surface area contributed by atoms with Crippen LogP contribution in [0.15, 0.2) is 28.7 Å². The lowest BCUT2D eigenvalue weighted by atomic mass is 9.82. The molecule has 6 heteroatoms. The quantitative estimate of drug-likeness (QED) is 0.692. The molecular weight excluding hydrogens is 364 g/mol. The summed E-state index contributed by atoms with van der Waals surface area (Å²) >= 11 is 3.45. The molecule has 0 N–H and O–H groups in total. The molecule has 0 heterocycles. The molecule has 0 radical (unpaired) electrons. The predicted octanol–water partition coefficient (Wildman–Crippen LogP) is 4.20. The molecule has 0 saturated carbocycles. The first-order valence-corrected chi connectivity index (χ1v) is 9.60. The van der Waals surface area contributed by atoms with Crippen molar-refractivity contribution in [1.29, 1.82) is 0 Å². The summed E-state index contributed by atoms with van der Waals surface area (Å²) in [4.78, 5) is 0.